The molecular weight excluding hydrogens is 326 g/mol. The van der Waals surface area contributed by atoms with Crippen LogP contribution in [0.5, 0.6) is 5.75 Å². The van der Waals surface area contributed by atoms with Crippen LogP contribution in [0.3, 0.4) is 0 Å². The smallest absolute Gasteiger partial charge is 0.194 e. The zero-order chi connectivity index (χ0) is 16.4. The molecule has 120 valence electrons. The molecule has 0 saturated carbocycles. The number of para-hydroxylation sites is 1. The van der Waals surface area contributed by atoms with Gasteiger partial charge in [-0.05, 0) is 12.1 Å². The first-order valence-corrected chi connectivity index (χ1v) is 8.00. The number of hydrogen-bond acceptors (Lipinski definition) is 7. The second-order valence-electron chi connectivity index (χ2n) is 4.94. The van der Waals surface area contributed by atoms with Crippen molar-refractivity contribution in [2.45, 2.75) is 6.54 Å². The van der Waals surface area contributed by atoms with Gasteiger partial charge in [0.2, 0.25) is 0 Å². The highest BCUT2D eigenvalue weighted by Gasteiger charge is 2.14. The van der Waals surface area contributed by atoms with E-state index >= 15 is 0 Å². The number of H-pyrrole nitrogens is 1. The molecule has 3 aromatic heterocycles. The van der Waals surface area contributed by atoms with Gasteiger partial charge in [-0.2, -0.15) is 5.21 Å². The summed E-state index contributed by atoms with van der Waals surface area (Å²) in [7, 11) is 1.66. The summed E-state index contributed by atoms with van der Waals surface area (Å²) < 4.78 is 7.38. The summed E-state index contributed by atoms with van der Waals surface area (Å²) in [6.07, 6.45) is 5.45. The van der Waals surface area contributed by atoms with Crippen molar-refractivity contribution in [2.24, 2.45) is 0 Å². The maximum absolute atomic E-state index is 5.41. The van der Waals surface area contributed by atoms with Crippen LogP contribution in [0.4, 0.5) is 0 Å². The molecule has 24 heavy (non-hydrogen) atoms. The number of hydrogen-bond donors (Lipinski definition) is 1. The van der Waals surface area contributed by atoms with Crippen molar-refractivity contribution in [3.05, 3.63) is 48.7 Å². The zero-order valence-electron chi connectivity index (χ0n) is 12.7. The minimum atomic E-state index is 0.494. The van der Waals surface area contributed by atoms with Gasteiger partial charge in [-0.1, -0.05) is 17.3 Å². The van der Waals surface area contributed by atoms with Gasteiger partial charge in [0.25, 0.3) is 0 Å². The lowest BCUT2D eigenvalue weighted by atomic mass is 10.2. The Hall–Kier alpha value is -3.07. The van der Waals surface area contributed by atoms with Gasteiger partial charge in [0.05, 0.1) is 24.1 Å². The van der Waals surface area contributed by atoms with Crippen molar-refractivity contribution in [3.63, 3.8) is 0 Å². The molecule has 0 unspecified atom stereocenters. The van der Waals surface area contributed by atoms with Crippen LogP contribution in [0.25, 0.3) is 21.3 Å². The van der Waals surface area contributed by atoms with E-state index in [4.69, 9.17) is 4.74 Å². The van der Waals surface area contributed by atoms with Crippen LogP contribution in [0, 0.1) is 0 Å². The van der Waals surface area contributed by atoms with Gasteiger partial charge in [-0.25, -0.2) is 9.97 Å². The van der Waals surface area contributed by atoms with Gasteiger partial charge < -0.3 is 9.30 Å². The normalized spacial score (nSPS) is 10.9. The number of imidazole rings is 1. The number of rotatable bonds is 5. The maximum atomic E-state index is 5.41. The third kappa shape index (κ3) is 2.65. The van der Waals surface area contributed by atoms with E-state index in [-0.39, 0.29) is 0 Å². The molecule has 1 aromatic carbocycles. The van der Waals surface area contributed by atoms with Crippen LogP contribution in [-0.2, 0) is 6.54 Å². The second-order valence-corrected chi connectivity index (χ2v) is 5.97. The van der Waals surface area contributed by atoms with Crippen LogP contribution >= 0.6 is 11.3 Å². The number of thiazole rings is 1. The molecule has 0 bridgehead atoms. The Morgan fingerprint density at radius 3 is 3.00 bits per heavy atom. The lowest BCUT2D eigenvalue weighted by Gasteiger charge is -2.04. The Morgan fingerprint density at radius 2 is 2.17 bits per heavy atom. The molecule has 0 aliphatic heterocycles. The van der Waals surface area contributed by atoms with Crippen LogP contribution in [0.15, 0.2) is 42.9 Å². The van der Waals surface area contributed by atoms with Gasteiger partial charge in [-0.3, -0.25) is 0 Å². The quantitative estimate of drug-likeness (QED) is 0.599. The summed E-state index contributed by atoms with van der Waals surface area (Å²) >= 11 is 1.56. The lowest BCUT2D eigenvalue weighted by molar-refractivity contribution is 0.416. The van der Waals surface area contributed by atoms with E-state index in [1.165, 1.54) is 0 Å². The Bertz CT molecular complexity index is 944. The number of aromatic nitrogens is 7. The molecule has 0 aliphatic carbocycles. The Morgan fingerprint density at radius 1 is 1.25 bits per heavy atom. The van der Waals surface area contributed by atoms with E-state index in [0.29, 0.717) is 12.4 Å². The van der Waals surface area contributed by atoms with Gasteiger partial charge in [0.15, 0.2) is 11.6 Å². The van der Waals surface area contributed by atoms with Crippen LogP contribution < -0.4 is 4.74 Å². The predicted octanol–water partition coefficient (Wildman–Crippen LogP) is 2.24. The summed E-state index contributed by atoms with van der Waals surface area (Å²) in [5, 5.41) is 14.9. The first kappa shape index (κ1) is 14.5. The lowest BCUT2D eigenvalue weighted by Crippen LogP contribution is -2.02. The Balaban J connectivity index is 1.68. The number of tetrazole rings is 1. The minimum absolute atomic E-state index is 0.494. The van der Waals surface area contributed by atoms with Gasteiger partial charge in [0, 0.05) is 18.6 Å². The molecule has 4 rings (SSSR count). The van der Waals surface area contributed by atoms with Gasteiger partial charge >= 0.3 is 0 Å². The fourth-order valence-electron chi connectivity index (χ4n) is 2.39. The van der Waals surface area contributed by atoms with Gasteiger partial charge in [0.1, 0.15) is 10.8 Å². The fourth-order valence-corrected chi connectivity index (χ4v) is 3.35. The van der Waals surface area contributed by atoms with E-state index in [0.717, 1.165) is 27.0 Å². The molecule has 4 aromatic rings. The summed E-state index contributed by atoms with van der Waals surface area (Å²) in [4.78, 5) is 9.92. The summed E-state index contributed by atoms with van der Waals surface area (Å²) in [6.45, 7) is 0.494. The predicted molar refractivity (Wildman–Crippen MR) is 88.6 cm³/mol. The van der Waals surface area contributed by atoms with Crippen molar-refractivity contribution < 1.29 is 4.74 Å². The molecule has 0 fully saturated rings. The fraction of sp³-hybridized carbons (Fsp3) is 0.133. The zero-order valence-corrected chi connectivity index (χ0v) is 13.6. The van der Waals surface area contributed by atoms with Gasteiger partial charge in [-0.15, -0.1) is 21.5 Å². The molecule has 0 atom stereocenters. The first-order chi connectivity index (χ1) is 11.8. The van der Waals surface area contributed by atoms with Crippen LogP contribution in [-0.4, -0.2) is 42.3 Å². The molecule has 0 spiro atoms. The molecule has 0 amide bonds. The SMILES string of the molecule is COc1ccccc1-c1ncc(-c2nccn2Cc2nn[nH]n2)s1. The maximum Gasteiger partial charge on any atom is 0.194 e. The minimum Gasteiger partial charge on any atom is -0.496 e. The average Bonchev–Trinajstić information content (AvgIpc) is 3.36. The van der Waals surface area contributed by atoms with E-state index in [2.05, 4.69) is 30.6 Å². The molecule has 8 nitrogen and oxygen atoms in total. The topological polar surface area (TPSA) is 94.4 Å². The highest BCUT2D eigenvalue weighted by atomic mass is 32.1. The third-order valence-corrected chi connectivity index (χ3v) is 4.51. The summed E-state index contributed by atoms with van der Waals surface area (Å²) in [5.74, 6) is 2.22. The van der Waals surface area contributed by atoms with E-state index in [1.54, 1.807) is 24.6 Å². The Labute approximate surface area is 141 Å². The number of ether oxygens (including phenoxy) is 1. The van der Waals surface area contributed by atoms with Crippen molar-refractivity contribution in [2.75, 3.05) is 7.11 Å². The molecular formula is C15H13N7OS. The number of nitrogens with one attached hydrogen (secondary N) is 1. The molecule has 0 aliphatic rings. The number of nitrogens with zero attached hydrogens (tertiary/aromatic N) is 6. The van der Waals surface area contributed by atoms with Crippen LogP contribution in [0.1, 0.15) is 5.82 Å². The molecule has 1 N–H and O–H groups in total. The average molecular weight is 339 g/mol. The highest BCUT2D eigenvalue weighted by Crippen LogP contribution is 2.35. The number of methoxy groups -OCH3 is 1. The van der Waals surface area contributed by atoms with Crippen molar-refractivity contribution in [3.8, 4) is 27.0 Å². The van der Waals surface area contributed by atoms with Crippen molar-refractivity contribution >= 4 is 11.3 Å². The van der Waals surface area contributed by atoms with E-state index < -0.39 is 0 Å². The second kappa shape index (κ2) is 6.20. The Kier molecular flexibility index (Phi) is 3.75. The standard InChI is InChI=1S/C15H13N7OS/c1-23-11-5-3-2-4-10(11)15-17-8-12(24-15)14-16-6-7-22(14)9-13-18-20-21-19-13/h2-8H,9H2,1H3,(H,18,19,20,21). The summed E-state index contributed by atoms with van der Waals surface area (Å²) in [5.41, 5.74) is 0.965. The largest absolute Gasteiger partial charge is 0.496 e. The monoisotopic (exact) mass is 339 g/mol. The number of benzene rings is 1. The van der Waals surface area contributed by atoms with E-state index in [1.807, 2.05) is 41.2 Å². The first-order valence-electron chi connectivity index (χ1n) is 7.18. The van der Waals surface area contributed by atoms with Crippen LogP contribution in [0.2, 0.25) is 0 Å². The molecule has 9 heteroatoms. The molecule has 0 radical (unpaired) electrons. The number of aromatic amines is 1. The summed E-state index contributed by atoms with van der Waals surface area (Å²) in [6, 6.07) is 7.82. The highest BCUT2D eigenvalue weighted by molar-refractivity contribution is 7.18. The van der Waals surface area contributed by atoms with E-state index in [9.17, 15) is 0 Å². The molecule has 3 heterocycles. The molecule has 0 saturated heterocycles. The van der Waals surface area contributed by atoms with Crippen molar-refractivity contribution in [1.29, 1.82) is 0 Å². The van der Waals surface area contributed by atoms with Crippen molar-refractivity contribution in [1.82, 2.24) is 35.2 Å². The third-order valence-electron chi connectivity index (χ3n) is 3.48.